The average Bonchev–Trinajstić information content (AvgIpc) is 2.72. The molecule has 0 fully saturated rings. The van der Waals surface area contributed by atoms with E-state index in [1.165, 1.54) is 13.8 Å². The Hall–Kier alpha value is -3.45. The zero-order valence-electron chi connectivity index (χ0n) is 17.1. The van der Waals surface area contributed by atoms with Gasteiger partial charge in [-0.1, -0.05) is 54.1 Å². The molecule has 0 spiro atoms. The number of allylic oxidation sites excluding steroid dienone is 1. The largest absolute Gasteiger partial charge is 0.508 e. The number of esters is 1. The lowest BCUT2D eigenvalue weighted by molar-refractivity contribution is -0.144. The lowest BCUT2D eigenvalue weighted by atomic mass is 10.0. The molecule has 0 aliphatic carbocycles. The summed E-state index contributed by atoms with van der Waals surface area (Å²) in [5.74, 6) is -2.15. The minimum Gasteiger partial charge on any atom is -0.508 e. The molecule has 3 N–H and O–H groups in total. The fraction of sp³-hybridized carbons (Fsp3) is 0.217. The van der Waals surface area contributed by atoms with Crippen LogP contribution in [0.1, 0.15) is 42.2 Å². The summed E-state index contributed by atoms with van der Waals surface area (Å²) >= 11 is 6.09. The molecule has 0 aliphatic rings. The number of amides is 1. The van der Waals surface area contributed by atoms with E-state index in [0.717, 1.165) is 0 Å². The van der Waals surface area contributed by atoms with E-state index in [2.05, 4.69) is 5.32 Å². The zero-order valence-corrected chi connectivity index (χ0v) is 17.9. The van der Waals surface area contributed by atoms with Crippen LogP contribution in [0.15, 0.2) is 65.9 Å². The van der Waals surface area contributed by atoms with Crippen molar-refractivity contribution < 1.29 is 24.2 Å². The molecule has 7 nitrogen and oxygen atoms in total. The third-order valence-corrected chi connectivity index (χ3v) is 4.71. The highest BCUT2D eigenvalue weighted by molar-refractivity contribution is 6.33. The number of hydrogen-bond acceptors (Lipinski definition) is 6. The molecule has 0 bridgehead atoms. The first-order chi connectivity index (χ1) is 14.7. The van der Waals surface area contributed by atoms with Crippen molar-refractivity contribution in [2.24, 2.45) is 0 Å². The van der Waals surface area contributed by atoms with Gasteiger partial charge >= 0.3 is 5.97 Å². The van der Waals surface area contributed by atoms with Gasteiger partial charge in [-0.2, -0.15) is 0 Å². The molecular weight excluding hydrogens is 420 g/mol. The van der Waals surface area contributed by atoms with E-state index in [0.29, 0.717) is 5.56 Å². The Balaban J connectivity index is 2.15. The van der Waals surface area contributed by atoms with Crippen molar-refractivity contribution in [2.75, 3.05) is 6.61 Å². The summed E-state index contributed by atoms with van der Waals surface area (Å²) in [4.78, 5) is 36.6. The van der Waals surface area contributed by atoms with E-state index in [9.17, 15) is 19.5 Å². The normalized spacial score (nSPS) is 12.4. The second-order valence-electron chi connectivity index (χ2n) is 6.78. The van der Waals surface area contributed by atoms with Gasteiger partial charge in [-0.05, 0) is 31.5 Å². The van der Waals surface area contributed by atoms with Crippen LogP contribution >= 0.6 is 11.6 Å². The standard InChI is InChI=1S/C23H23ClN2O5/c1-14(25)22(15(2)27)20(28)13-31-21(29)12-19(16-8-4-3-5-9-16)26-23(30)17-10-6-7-11-18(17)24/h3-11,19,25,28H,12-13H2,1-2H3,(H,26,30)/t19-/m0/s1. The van der Waals surface area contributed by atoms with Crippen LogP contribution in [0.5, 0.6) is 0 Å². The Bertz CT molecular complexity index is 1000. The topological polar surface area (TPSA) is 117 Å². The van der Waals surface area contributed by atoms with Crippen molar-refractivity contribution >= 4 is 35.0 Å². The number of aliphatic hydroxyl groups excluding tert-OH is 1. The number of ketones is 1. The molecule has 0 saturated carbocycles. The van der Waals surface area contributed by atoms with E-state index < -0.39 is 36.1 Å². The maximum Gasteiger partial charge on any atom is 0.308 e. The molecule has 0 aliphatic heterocycles. The SMILES string of the molecule is CC(=N)C(C(C)=O)=C(O)COC(=O)C[C@H](NC(=O)c1ccccc1Cl)c1ccccc1. The number of ether oxygens (including phenoxy) is 1. The minimum absolute atomic E-state index is 0.129. The third kappa shape index (κ3) is 6.79. The maximum atomic E-state index is 12.7. The summed E-state index contributed by atoms with van der Waals surface area (Å²) in [6.45, 7) is 2.01. The Morgan fingerprint density at radius 2 is 1.68 bits per heavy atom. The van der Waals surface area contributed by atoms with Crippen LogP contribution < -0.4 is 5.32 Å². The van der Waals surface area contributed by atoms with Crippen molar-refractivity contribution in [3.05, 3.63) is 82.1 Å². The predicted octanol–water partition coefficient (Wildman–Crippen LogP) is 4.19. The molecule has 0 aromatic heterocycles. The Morgan fingerprint density at radius 3 is 2.26 bits per heavy atom. The van der Waals surface area contributed by atoms with Gasteiger partial charge in [0.2, 0.25) is 0 Å². The molecule has 2 rings (SSSR count). The Labute approximate surface area is 185 Å². The fourth-order valence-electron chi connectivity index (χ4n) is 2.95. The van der Waals surface area contributed by atoms with Crippen LogP contribution in [0.2, 0.25) is 5.02 Å². The molecule has 1 atom stereocenters. The molecule has 1 amide bonds. The second-order valence-corrected chi connectivity index (χ2v) is 7.19. The summed E-state index contributed by atoms with van der Waals surface area (Å²) in [6, 6.07) is 14.7. The van der Waals surface area contributed by atoms with Crippen LogP contribution in [-0.4, -0.2) is 35.1 Å². The first-order valence-electron chi connectivity index (χ1n) is 9.45. The highest BCUT2D eigenvalue weighted by Crippen LogP contribution is 2.21. The predicted molar refractivity (Wildman–Crippen MR) is 117 cm³/mol. The molecule has 0 unspecified atom stereocenters. The van der Waals surface area contributed by atoms with E-state index in [1.807, 2.05) is 0 Å². The van der Waals surface area contributed by atoms with E-state index >= 15 is 0 Å². The first-order valence-corrected chi connectivity index (χ1v) is 9.83. The summed E-state index contributed by atoms with van der Waals surface area (Å²) < 4.78 is 5.08. The minimum atomic E-state index is -0.708. The molecule has 0 heterocycles. The first kappa shape index (κ1) is 23.8. The van der Waals surface area contributed by atoms with E-state index in [4.69, 9.17) is 21.7 Å². The number of halogens is 1. The molecule has 162 valence electrons. The molecule has 2 aromatic rings. The number of hydrogen-bond donors (Lipinski definition) is 3. The molecule has 0 radical (unpaired) electrons. The summed E-state index contributed by atoms with van der Waals surface area (Å²) in [5.41, 5.74) is 0.626. The Morgan fingerprint density at radius 1 is 1.06 bits per heavy atom. The van der Waals surface area contributed by atoms with Gasteiger partial charge in [0.25, 0.3) is 5.91 Å². The van der Waals surface area contributed by atoms with Crippen molar-refractivity contribution in [2.45, 2.75) is 26.3 Å². The van der Waals surface area contributed by atoms with Crippen molar-refractivity contribution in [3.8, 4) is 0 Å². The number of carbonyl (C=O) groups is 3. The fourth-order valence-corrected chi connectivity index (χ4v) is 3.17. The highest BCUT2D eigenvalue weighted by atomic mass is 35.5. The monoisotopic (exact) mass is 442 g/mol. The average molecular weight is 443 g/mol. The van der Waals surface area contributed by atoms with Crippen LogP contribution in [-0.2, 0) is 14.3 Å². The number of benzene rings is 2. The third-order valence-electron chi connectivity index (χ3n) is 4.38. The molecular formula is C23H23ClN2O5. The van der Waals surface area contributed by atoms with E-state index in [-0.39, 0.29) is 28.3 Å². The van der Waals surface area contributed by atoms with Gasteiger partial charge in [0.15, 0.2) is 5.78 Å². The molecule has 8 heteroatoms. The number of carbonyl (C=O) groups excluding carboxylic acids is 3. The van der Waals surface area contributed by atoms with Crippen molar-refractivity contribution in [1.29, 1.82) is 5.41 Å². The summed E-state index contributed by atoms with van der Waals surface area (Å²) in [6.07, 6.45) is -0.216. The summed E-state index contributed by atoms with van der Waals surface area (Å²) in [7, 11) is 0. The van der Waals surface area contributed by atoms with Crippen LogP contribution in [0.25, 0.3) is 0 Å². The van der Waals surface area contributed by atoms with Crippen molar-refractivity contribution in [1.82, 2.24) is 5.32 Å². The maximum absolute atomic E-state index is 12.7. The number of rotatable bonds is 9. The van der Waals surface area contributed by atoms with Crippen LogP contribution in [0, 0.1) is 5.41 Å². The van der Waals surface area contributed by atoms with Gasteiger partial charge in [0.1, 0.15) is 12.4 Å². The van der Waals surface area contributed by atoms with Gasteiger partial charge < -0.3 is 20.6 Å². The Kier molecular flexibility index (Phi) is 8.52. The quantitative estimate of drug-likeness (QED) is 0.233. The number of nitrogens with one attached hydrogen (secondary N) is 2. The number of aliphatic hydroxyl groups is 1. The van der Waals surface area contributed by atoms with Crippen molar-refractivity contribution in [3.63, 3.8) is 0 Å². The smallest absolute Gasteiger partial charge is 0.308 e. The summed E-state index contributed by atoms with van der Waals surface area (Å²) in [5, 5.41) is 20.7. The molecule has 2 aromatic carbocycles. The molecule has 0 saturated heterocycles. The zero-order chi connectivity index (χ0) is 23.0. The van der Waals surface area contributed by atoms with Gasteiger partial charge in [0.05, 0.1) is 28.6 Å². The van der Waals surface area contributed by atoms with Gasteiger partial charge in [-0.25, -0.2) is 0 Å². The highest BCUT2D eigenvalue weighted by Gasteiger charge is 2.22. The van der Waals surface area contributed by atoms with Crippen LogP contribution in [0.3, 0.4) is 0 Å². The van der Waals surface area contributed by atoms with E-state index in [1.54, 1.807) is 54.6 Å². The van der Waals surface area contributed by atoms with Gasteiger partial charge in [-0.3, -0.25) is 14.4 Å². The van der Waals surface area contributed by atoms with Gasteiger partial charge in [-0.15, -0.1) is 0 Å². The second kappa shape index (κ2) is 11.1. The van der Waals surface area contributed by atoms with Gasteiger partial charge in [0, 0.05) is 5.71 Å². The molecule has 31 heavy (non-hydrogen) atoms. The van der Waals surface area contributed by atoms with Crippen LogP contribution in [0.4, 0.5) is 0 Å². The lowest BCUT2D eigenvalue weighted by Crippen LogP contribution is -2.31. The lowest BCUT2D eigenvalue weighted by Gasteiger charge is -2.19. The number of Topliss-reactive ketones (excluding diaryl/α,β-unsaturated/α-hetero) is 1.